The summed E-state index contributed by atoms with van der Waals surface area (Å²) < 4.78 is 6.24. The smallest absolute Gasteiger partial charge is 0.312 e. The van der Waals surface area contributed by atoms with E-state index in [-0.39, 0.29) is 28.6 Å². The summed E-state index contributed by atoms with van der Waals surface area (Å²) in [6, 6.07) is 0. The van der Waals surface area contributed by atoms with Crippen LogP contribution in [0.2, 0.25) is 0 Å². The summed E-state index contributed by atoms with van der Waals surface area (Å²) in [6.07, 6.45) is 3.86. The molecule has 26 heavy (non-hydrogen) atoms. The van der Waals surface area contributed by atoms with Crippen LogP contribution in [0.15, 0.2) is 0 Å². The fourth-order valence-corrected chi connectivity index (χ4v) is 5.88. The molecule has 0 aromatic rings. The third-order valence-corrected chi connectivity index (χ3v) is 8.96. The quantitative estimate of drug-likeness (QED) is 0.636. The number of aliphatic carboxylic acids is 1. The second-order valence-electron chi connectivity index (χ2n) is 11.1. The van der Waals surface area contributed by atoms with Crippen LogP contribution < -0.4 is 0 Å². The molecule has 4 heteroatoms. The van der Waals surface area contributed by atoms with Gasteiger partial charge in [0.05, 0.1) is 10.8 Å². The van der Waals surface area contributed by atoms with Gasteiger partial charge < -0.3 is 9.84 Å². The molecular weight excluding hydrogens is 328 g/mol. The number of carboxylic acids is 1. The van der Waals surface area contributed by atoms with Gasteiger partial charge in [-0.05, 0) is 70.6 Å². The van der Waals surface area contributed by atoms with Gasteiger partial charge in [0.2, 0.25) is 0 Å². The van der Waals surface area contributed by atoms with Gasteiger partial charge in [-0.1, -0.05) is 34.6 Å². The predicted molar refractivity (Wildman–Crippen MR) is 103 cm³/mol. The minimum atomic E-state index is -0.923. The normalized spacial score (nSPS) is 38.0. The Hall–Kier alpha value is -1.06. The van der Waals surface area contributed by atoms with Gasteiger partial charge in [-0.3, -0.25) is 9.59 Å². The maximum Gasteiger partial charge on any atom is 0.312 e. The zero-order valence-corrected chi connectivity index (χ0v) is 18.2. The van der Waals surface area contributed by atoms with Crippen molar-refractivity contribution in [2.75, 3.05) is 0 Å². The van der Waals surface area contributed by atoms with Gasteiger partial charge in [0.15, 0.2) is 0 Å². The Morgan fingerprint density at radius 2 is 1.58 bits per heavy atom. The fraction of sp³-hybridized carbons (Fsp3) is 0.909. The highest BCUT2D eigenvalue weighted by atomic mass is 16.6. The second kappa shape index (κ2) is 5.72. The van der Waals surface area contributed by atoms with Crippen molar-refractivity contribution in [2.45, 2.75) is 100 Å². The Bertz CT molecular complexity index is 622. The van der Waals surface area contributed by atoms with Crippen molar-refractivity contribution in [3.63, 3.8) is 0 Å². The first-order chi connectivity index (χ1) is 11.5. The van der Waals surface area contributed by atoms with E-state index < -0.39 is 22.4 Å². The summed E-state index contributed by atoms with van der Waals surface area (Å²) >= 11 is 0. The molecule has 0 aromatic carbocycles. The van der Waals surface area contributed by atoms with Crippen LogP contribution in [0.3, 0.4) is 0 Å². The average Bonchev–Trinajstić information content (AvgIpc) is 2.73. The zero-order valence-electron chi connectivity index (χ0n) is 18.2. The van der Waals surface area contributed by atoms with Gasteiger partial charge in [0.1, 0.15) is 5.60 Å². The van der Waals surface area contributed by atoms with Gasteiger partial charge in [0.25, 0.3) is 0 Å². The molecule has 2 bridgehead atoms. The van der Waals surface area contributed by atoms with Crippen molar-refractivity contribution in [3.05, 3.63) is 0 Å². The molecule has 2 saturated carbocycles. The van der Waals surface area contributed by atoms with Gasteiger partial charge in [-0.15, -0.1) is 0 Å². The highest BCUT2D eigenvalue weighted by Crippen LogP contribution is 2.76. The lowest BCUT2D eigenvalue weighted by Crippen LogP contribution is -2.50. The van der Waals surface area contributed by atoms with Crippen LogP contribution in [0.5, 0.6) is 0 Å². The molecule has 2 rings (SSSR count). The molecule has 0 saturated heterocycles. The van der Waals surface area contributed by atoms with Crippen LogP contribution >= 0.6 is 0 Å². The number of hydrogen-bond acceptors (Lipinski definition) is 3. The molecule has 0 spiro atoms. The van der Waals surface area contributed by atoms with E-state index in [1.807, 2.05) is 20.8 Å². The van der Waals surface area contributed by atoms with Gasteiger partial charge >= 0.3 is 11.9 Å². The molecule has 4 unspecified atom stereocenters. The Balaban J connectivity index is 2.26. The number of esters is 1. The average molecular weight is 367 g/mol. The summed E-state index contributed by atoms with van der Waals surface area (Å²) in [4.78, 5) is 24.9. The summed E-state index contributed by atoms with van der Waals surface area (Å²) in [5, 5.41) is 9.59. The molecule has 2 aliphatic rings. The molecule has 2 aliphatic carbocycles. The number of fused-ring (bicyclic) bond motifs is 2. The maximum atomic E-state index is 13.2. The molecule has 4 atom stereocenters. The Kier molecular flexibility index (Phi) is 4.67. The molecular formula is C22H38O4. The molecule has 0 amide bonds. The van der Waals surface area contributed by atoms with E-state index in [1.165, 1.54) is 6.42 Å². The number of carbonyl (C=O) groups is 2. The summed E-state index contributed by atoms with van der Waals surface area (Å²) in [6.45, 7) is 18.5. The number of carbonyl (C=O) groups excluding carboxylic acids is 1. The Morgan fingerprint density at radius 1 is 1.04 bits per heavy atom. The fourth-order valence-electron chi connectivity index (χ4n) is 5.88. The van der Waals surface area contributed by atoms with Gasteiger partial charge in [-0.2, -0.15) is 0 Å². The first kappa shape index (κ1) is 21.2. The maximum absolute atomic E-state index is 13.2. The largest absolute Gasteiger partial charge is 0.481 e. The van der Waals surface area contributed by atoms with Crippen LogP contribution in [-0.2, 0) is 14.3 Å². The molecule has 0 aliphatic heterocycles. The summed E-state index contributed by atoms with van der Waals surface area (Å²) in [5.74, 6) is -1.12. The van der Waals surface area contributed by atoms with Crippen molar-refractivity contribution in [2.24, 2.45) is 27.1 Å². The van der Waals surface area contributed by atoms with E-state index in [1.54, 1.807) is 6.92 Å². The molecule has 0 radical (unpaired) electrons. The van der Waals surface area contributed by atoms with E-state index in [2.05, 4.69) is 34.6 Å². The van der Waals surface area contributed by atoms with Gasteiger partial charge in [0, 0.05) is 5.41 Å². The third-order valence-electron chi connectivity index (χ3n) is 8.96. The molecule has 4 nitrogen and oxygen atoms in total. The molecule has 1 N–H and O–H groups in total. The lowest BCUT2D eigenvalue weighted by Gasteiger charge is -2.47. The van der Waals surface area contributed by atoms with E-state index in [4.69, 9.17) is 4.74 Å². The van der Waals surface area contributed by atoms with Crippen LogP contribution in [-0.4, -0.2) is 22.6 Å². The van der Waals surface area contributed by atoms with Crippen molar-refractivity contribution >= 4 is 11.9 Å². The van der Waals surface area contributed by atoms with Crippen molar-refractivity contribution in [1.29, 1.82) is 0 Å². The van der Waals surface area contributed by atoms with Crippen molar-refractivity contribution < 1.29 is 19.4 Å². The standard InChI is InChI=1S/C22H38O4/c1-10-19(6,15(23)24)13-17(2,3)16(25)26-22(9)14-20(7)11-12-21(22,8)18(20,4)5/h10-14H2,1-9H3,(H,23,24). The second-order valence-corrected chi connectivity index (χ2v) is 11.1. The number of carboxylic acid groups (broad SMARTS) is 1. The first-order valence-electron chi connectivity index (χ1n) is 9.97. The number of ether oxygens (including phenoxy) is 1. The van der Waals surface area contributed by atoms with Crippen LogP contribution in [0, 0.1) is 27.1 Å². The van der Waals surface area contributed by atoms with E-state index >= 15 is 0 Å². The van der Waals surface area contributed by atoms with E-state index in [9.17, 15) is 14.7 Å². The van der Waals surface area contributed by atoms with Crippen LogP contribution in [0.25, 0.3) is 0 Å². The van der Waals surface area contributed by atoms with Crippen molar-refractivity contribution in [3.8, 4) is 0 Å². The van der Waals surface area contributed by atoms with Gasteiger partial charge in [-0.25, -0.2) is 0 Å². The van der Waals surface area contributed by atoms with E-state index in [0.717, 1.165) is 12.8 Å². The highest BCUT2D eigenvalue weighted by molar-refractivity contribution is 5.79. The highest BCUT2D eigenvalue weighted by Gasteiger charge is 2.73. The first-order valence-corrected chi connectivity index (χ1v) is 9.97. The zero-order chi connectivity index (χ0) is 20.4. The molecule has 0 heterocycles. The molecule has 2 fully saturated rings. The van der Waals surface area contributed by atoms with Crippen molar-refractivity contribution in [1.82, 2.24) is 0 Å². The predicted octanol–water partition coefficient (Wildman–Crippen LogP) is 5.44. The summed E-state index contributed by atoms with van der Waals surface area (Å²) in [5.41, 5.74) is -2.08. The lowest BCUT2D eigenvalue weighted by molar-refractivity contribution is -0.188. The third kappa shape index (κ3) is 2.62. The summed E-state index contributed by atoms with van der Waals surface area (Å²) in [7, 11) is 0. The number of hydrogen-bond donors (Lipinski definition) is 1. The topological polar surface area (TPSA) is 63.6 Å². The van der Waals surface area contributed by atoms with Crippen LogP contribution in [0.1, 0.15) is 94.4 Å². The Morgan fingerprint density at radius 3 is 1.92 bits per heavy atom. The minimum absolute atomic E-state index is 0.0681. The Labute approximate surface area is 159 Å². The lowest BCUT2D eigenvalue weighted by atomic mass is 9.63. The van der Waals surface area contributed by atoms with E-state index in [0.29, 0.717) is 6.42 Å². The molecule has 150 valence electrons. The number of rotatable bonds is 6. The monoisotopic (exact) mass is 366 g/mol. The molecule has 0 aromatic heterocycles. The SMILES string of the molecule is CCC(C)(CC(C)(C)C(=O)OC1(C)CC2(C)CCC1(C)C2(C)C)C(=O)O. The van der Waals surface area contributed by atoms with Crippen LogP contribution in [0.4, 0.5) is 0 Å². The minimum Gasteiger partial charge on any atom is -0.481 e.